The molecule has 1 aliphatic heterocycles. The standard InChI is InChI=1S/C24H25N5OS/c1-2-31-24-27-26-21(29(24)19-14-8-4-9-15-19)20-23(28-16-10-5-11-17-28)30-22(25-20)18-12-6-3-7-13-18/h3-4,6-9,12-15H,2,5,10-11,16-17H2,1H3. The van der Waals surface area contributed by atoms with Crippen LogP contribution >= 0.6 is 11.8 Å². The fraction of sp³-hybridized carbons (Fsp3) is 0.292. The number of nitrogens with zero attached hydrogens (tertiary/aromatic N) is 5. The molecule has 31 heavy (non-hydrogen) atoms. The first-order chi connectivity index (χ1) is 15.3. The maximum Gasteiger partial charge on any atom is 0.229 e. The Hall–Kier alpha value is -3.06. The van der Waals surface area contributed by atoms with Crippen LogP contribution < -0.4 is 4.90 Å². The van der Waals surface area contributed by atoms with Crippen LogP contribution in [0.15, 0.2) is 70.2 Å². The Labute approximate surface area is 186 Å². The molecule has 2 aromatic heterocycles. The van der Waals surface area contributed by atoms with Gasteiger partial charge < -0.3 is 9.32 Å². The highest BCUT2D eigenvalue weighted by molar-refractivity contribution is 7.99. The molecule has 0 atom stereocenters. The molecule has 0 saturated carbocycles. The van der Waals surface area contributed by atoms with Gasteiger partial charge in [-0.2, -0.15) is 0 Å². The number of thioether (sulfide) groups is 1. The molecule has 0 bridgehead atoms. The van der Waals surface area contributed by atoms with Gasteiger partial charge in [-0.3, -0.25) is 4.57 Å². The fourth-order valence-corrected chi connectivity index (χ4v) is 4.61. The molecule has 1 aliphatic rings. The van der Waals surface area contributed by atoms with Crippen LogP contribution in [-0.2, 0) is 0 Å². The van der Waals surface area contributed by atoms with E-state index in [1.807, 2.05) is 48.5 Å². The van der Waals surface area contributed by atoms with Gasteiger partial charge in [0.2, 0.25) is 11.8 Å². The predicted molar refractivity (Wildman–Crippen MR) is 125 cm³/mol. The Kier molecular flexibility index (Phi) is 5.76. The lowest BCUT2D eigenvalue weighted by molar-refractivity contribution is 0.505. The van der Waals surface area contributed by atoms with Crippen LogP contribution in [0.3, 0.4) is 0 Å². The van der Waals surface area contributed by atoms with E-state index in [0.717, 1.165) is 59.7 Å². The first-order valence-corrected chi connectivity index (χ1v) is 11.8. The normalized spacial score (nSPS) is 14.2. The number of oxazole rings is 1. The summed E-state index contributed by atoms with van der Waals surface area (Å²) in [6.07, 6.45) is 3.56. The van der Waals surface area contributed by atoms with Crippen molar-refractivity contribution in [2.45, 2.75) is 31.3 Å². The molecule has 3 heterocycles. The number of anilines is 1. The van der Waals surface area contributed by atoms with Crippen molar-refractivity contribution in [1.82, 2.24) is 19.7 Å². The van der Waals surface area contributed by atoms with E-state index in [9.17, 15) is 0 Å². The van der Waals surface area contributed by atoms with Crippen LogP contribution in [-0.4, -0.2) is 38.6 Å². The van der Waals surface area contributed by atoms with Crippen LogP contribution in [0.1, 0.15) is 26.2 Å². The summed E-state index contributed by atoms with van der Waals surface area (Å²) in [5.41, 5.74) is 2.73. The largest absolute Gasteiger partial charge is 0.420 e. The van der Waals surface area contributed by atoms with Gasteiger partial charge in [0, 0.05) is 24.3 Å². The summed E-state index contributed by atoms with van der Waals surface area (Å²) in [4.78, 5) is 7.25. The molecule has 2 aromatic carbocycles. The van der Waals surface area contributed by atoms with Crippen molar-refractivity contribution in [1.29, 1.82) is 0 Å². The third-order valence-corrected chi connectivity index (χ3v) is 6.22. The van der Waals surface area contributed by atoms with Gasteiger partial charge in [-0.15, -0.1) is 10.2 Å². The molecule has 158 valence electrons. The number of hydrogen-bond donors (Lipinski definition) is 0. The summed E-state index contributed by atoms with van der Waals surface area (Å²) in [6.45, 7) is 4.05. The first-order valence-electron chi connectivity index (χ1n) is 10.8. The first kappa shape index (κ1) is 19.9. The third-order valence-electron chi connectivity index (χ3n) is 5.41. The summed E-state index contributed by atoms with van der Waals surface area (Å²) in [6, 6.07) is 20.3. The number of aromatic nitrogens is 4. The van der Waals surface area contributed by atoms with Gasteiger partial charge in [0.05, 0.1) is 0 Å². The number of benzene rings is 2. The highest BCUT2D eigenvalue weighted by atomic mass is 32.2. The second kappa shape index (κ2) is 8.98. The molecular formula is C24H25N5OS. The molecule has 0 radical (unpaired) electrons. The molecule has 0 N–H and O–H groups in total. The summed E-state index contributed by atoms with van der Waals surface area (Å²) in [5.74, 6) is 3.03. The molecule has 6 nitrogen and oxygen atoms in total. The number of piperidine rings is 1. The van der Waals surface area contributed by atoms with E-state index in [1.165, 1.54) is 6.42 Å². The predicted octanol–water partition coefficient (Wildman–Crippen LogP) is 5.69. The van der Waals surface area contributed by atoms with E-state index in [2.05, 4.69) is 38.7 Å². The fourth-order valence-electron chi connectivity index (χ4n) is 3.93. The van der Waals surface area contributed by atoms with E-state index in [4.69, 9.17) is 9.40 Å². The lowest BCUT2D eigenvalue weighted by Crippen LogP contribution is -2.29. The maximum absolute atomic E-state index is 6.38. The van der Waals surface area contributed by atoms with Crippen LogP contribution in [0.5, 0.6) is 0 Å². The van der Waals surface area contributed by atoms with Crippen molar-refractivity contribution in [2.24, 2.45) is 0 Å². The van der Waals surface area contributed by atoms with Crippen molar-refractivity contribution in [2.75, 3.05) is 23.7 Å². The Bertz CT molecular complexity index is 1130. The zero-order valence-corrected chi connectivity index (χ0v) is 18.4. The number of rotatable bonds is 6. The summed E-state index contributed by atoms with van der Waals surface area (Å²) >= 11 is 1.67. The van der Waals surface area contributed by atoms with Gasteiger partial charge in [0.25, 0.3) is 0 Å². The molecular weight excluding hydrogens is 406 g/mol. The Morgan fingerprint density at radius 3 is 2.32 bits per heavy atom. The maximum atomic E-state index is 6.38. The van der Waals surface area contributed by atoms with Gasteiger partial charge in [0.1, 0.15) is 0 Å². The van der Waals surface area contributed by atoms with E-state index in [-0.39, 0.29) is 0 Å². The zero-order valence-electron chi connectivity index (χ0n) is 17.6. The van der Waals surface area contributed by atoms with Crippen LogP contribution in [0.4, 0.5) is 5.88 Å². The Morgan fingerprint density at radius 1 is 0.903 bits per heavy atom. The van der Waals surface area contributed by atoms with Gasteiger partial charge in [-0.05, 0) is 49.3 Å². The van der Waals surface area contributed by atoms with Crippen LogP contribution in [0.25, 0.3) is 28.7 Å². The smallest absolute Gasteiger partial charge is 0.229 e. The molecule has 0 amide bonds. The molecule has 0 aliphatic carbocycles. The lowest BCUT2D eigenvalue weighted by Gasteiger charge is -2.26. The van der Waals surface area contributed by atoms with Gasteiger partial charge in [-0.25, -0.2) is 4.98 Å². The minimum Gasteiger partial charge on any atom is -0.420 e. The Balaban J connectivity index is 1.68. The molecule has 4 aromatic rings. The lowest BCUT2D eigenvalue weighted by atomic mass is 10.1. The van der Waals surface area contributed by atoms with E-state index in [0.29, 0.717) is 11.7 Å². The average Bonchev–Trinajstić information content (AvgIpc) is 3.46. The van der Waals surface area contributed by atoms with Gasteiger partial charge >= 0.3 is 0 Å². The number of hydrogen-bond acceptors (Lipinski definition) is 6. The van der Waals surface area contributed by atoms with Gasteiger partial charge in [-0.1, -0.05) is 55.1 Å². The van der Waals surface area contributed by atoms with Crippen molar-refractivity contribution >= 4 is 17.6 Å². The summed E-state index contributed by atoms with van der Waals surface area (Å²) in [7, 11) is 0. The van der Waals surface area contributed by atoms with Gasteiger partial charge in [0.15, 0.2) is 16.7 Å². The van der Waals surface area contributed by atoms with Crippen molar-refractivity contribution < 1.29 is 4.42 Å². The van der Waals surface area contributed by atoms with E-state index in [1.54, 1.807) is 11.8 Å². The van der Waals surface area contributed by atoms with Crippen molar-refractivity contribution in [3.05, 3.63) is 60.7 Å². The molecule has 1 saturated heterocycles. The van der Waals surface area contributed by atoms with Crippen LogP contribution in [0.2, 0.25) is 0 Å². The summed E-state index contributed by atoms with van der Waals surface area (Å²) in [5, 5.41) is 9.95. The highest BCUT2D eigenvalue weighted by Gasteiger charge is 2.28. The number of para-hydroxylation sites is 1. The highest BCUT2D eigenvalue weighted by Crippen LogP contribution is 2.38. The third kappa shape index (κ3) is 3.97. The molecule has 1 fully saturated rings. The zero-order chi connectivity index (χ0) is 21.0. The topological polar surface area (TPSA) is 60.0 Å². The second-order valence-corrected chi connectivity index (χ2v) is 8.73. The minimum absolute atomic E-state index is 0.614. The van der Waals surface area contributed by atoms with Crippen molar-refractivity contribution in [3.8, 4) is 28.7 Å². The van der Waals surface area contributed by atoms with E-state index >= 15 is 0 Å². The molecule has 7 heteroatoms. The SMILES string of the molecule is CCSc1nnc(-c2nc(-c3ccccc3)oc2N2CCCCC2)n1-c1ccccc1. The monoisotopic (exact) mass is 431 g/mol. The average molecular weight is 432 g/mol. The Morgan fingerprint density at radius 2 is 1.61 bits per heavy atom. The van der Waals surface area contributed by atoms with E-state index < -0.39 is 0 Å². The van der Waals surface area contributed by atoms with Crippen LogP contribution in [0, 0.1) is 0 Å². The minimum atomic E-state index is 0.614. The second-order valence-electron chi connectivity index (χ2n) is 7.50. The molecule has 0 spiro atoms. The summed E-state index contributed by atoms with van der Waals surface area (Å²) < 4.78 is 8.47. The molecule has 5 rings (SSSR count). The van der Waals surface area contributed by atoms with Crippen molar-refractivity contribution in [3.63, 3.8) is 0 Å². The quantitative estimate of drug-likeness (QED) is 0.365. The molecule has 0 unspecified atom stereocenters.